The molecule has 0 atom stereocenters. The van der Waals surface area contributed by atoms with Crippen molar-refractivity contribution in [1.29, 1.82) is 0 Å². The summed E-state index contributed by atoms with van der Waals surface area (Å²) in [5.74, 6) is 1.15. The maximum Gasteiger partial charge on any atom is 0.274 e. The monoisotopic (exact) mass is 392 g/mol. The maximum absolute atomic E-state index is 10.9. The Labute approximate surface area is 136 Å². The first-order valence-electron chi connectivity index (χ1n) is 6.21. The van der Waals surface area contributed by atoms with Crippen molar-refractivity contribution in [1.82, 2.24) is 10.6 Å². The van der Waals surface area contributed by atoms with Crippen LogP contribution in [-0.2, 0) is 6.54 Å². The van der Waals surface area contributed by atoms with E-state index in [1.165, 1.54) is 6.07 Å². The summed E-state index contributed by atoms with van der Waals surface area (Å²) in [6.07, 6.45) is 0. The highest BCUT2D eigenvalue weighted by Crippen LogP contribution is 2.16. The number of guanidine groups is 1. The average Bonchev–Trinajstić information content (AvgIpc) is 2.39. The van der Waals surface area contributed by atoms with Crippen LogP contribution >= 0.6 is 24.0 Å². The minimum Gasteiger partial charge on any atom is -0.356 e. The molecule has 1 rings (SSSR count). The van der Waals surface area contributed by atoms with E-state index in [0.29, 0.717) is 24.0 Å². The normalized spacial score (nSPS) is 10.9. The van der Waals surface area contributed by atoms with Crippen LogP contribution in [0.4, 0.5) is 5.69 Å². The van der Waals surface area contributed by atoms with Gasteiger partial charge < -0.3 is 10.6 Å². The number of hydrogen-bond donors (Lipinski definition) is 2. The predicted molar refractivity (Wildman–Crippen MR) is 91.6 cm³/mol. The Morgan fingerprint density at radius 1 is 1.35 bits per heavy atom. The Morgan fingerprint density at radius 2 is 2.00 bits per heavy atom. The SMILES string of the molecule is CN=C(NCc1ccccc1[N+](=O)[O-])NCC(C)C.I. The number of aliphatic imine (C=N–C) groups is 1. The second kappa shape index (κ2) is 9.51. The molecular weight excluding hydrogens is 371 g/mol. The minimum atomic E-state index is -0.374. The van der Waals surface area contributed by atoms with Gasteiger partial charge in [0.25, 0.3) is 5.69 Å². The molecule has 0 aliphatic heterocycles. The van der Waals surface area contributed by atoms with Gasteiger partial charge >= 0.3 is 0 Å². The standard InChI is InChI=1S/C13H20N4O2.HI/c1-10(2)8-15-13(14-3)16-9-11-6-4-5-7-12(11)17(18)19;/h4-7,10H,8-9H2,1-3H3,(H2,14,15,16);1H. The molecule has 1 aromatic rings. The lowest BCUT2D eigenvalue weighted by Gasteiger charge is -2.13. The second-order valence-electron chi connectivity index (χ2n) is 4.59. The highest BCUT2D eigenvalue weighted by molar-refractivity contribution is 14.0. The number of hydrogen-bond acceptors (Lipinski definition) is 3. The molecule has 20 heavy (non-hydrogen) atoms. The molecule has 0 amide bonds. The molecule has 7 heteroatoms. The van der Waals surface area contributed by atoms with Gasteiger partial charge in [0.15, 0.2) is 5.96 Å². The van der Waals surface area contributed by atoms with E-state index >= 15 is 0 Å². The van der Waals surface area contributed by atoms with Crippen molar-refractivity contribution in [3.63, 3.8) is 0 Å². The quantitative estimate of drug-likeness (QED) is 0.265. The molecule has 0 heterocycles. The fraction of sp³-hybridized carbons (Fsp3) is 0.462. The Morgan fingerprint density at radius 3 is 2.55 bits per heavy atom. The molecular formula is C13H21IN4O2. The molecule has 0 aliphatic carbocycles. The van der Waals surface area contributed by atoms with Crippen molar-refractivity contribution in [2.24, 2.45) is 10.9 Å². The van der Waals surface area contributed by atoms with E-state index < -0.39 is 0 Å². The van der Waals surface area contributed by atoms with Gasteiger partial charge in [0.1, 0.15) is 0 Å². The van der Waals surface area contributed by atoms with Crippen molar-refractivity contribution >= 4 is 35.6 Å². The van der Waals surface area contributed by atoms with Gasteiger partial charge in [-0.3, -0.25) is 15.1 Å². The van der Waals surface area contributed by atoms with Gasteiger partial charge in [-0.1, -0.05) is 32.0 Å². The van der Waals surface area contributed by atoms with E-state index in [1.807, 2.05) is 0 Å². The third kappa shape index (κ3) is 6.18. The van der Waals surface area contributed by atoms with Crippen molar-refractivity contribution in [3.05, 3.63) is 39.9 Å². The summed E-state index contributed by atoms with van der Waals surface area (Å²) in [6, 6.07) is 6.68. The maximum atomic E-state index is 10.9. The van der Waals surface area contributed by atoms with Crippen LogP contribution in [0.15, 0.2) is 29.3 Å². The van der Waals surface area contributed by atoms with Crippen molar-refractivity contribution in [2.45, 2.75) is 20.4 Å². The largest absolute Gasteiger partial charge is 0.356 e. The van der Waals surface area contributed by atoms with E-state index in [4.69, 9.17) is 0 Å². The van der Waals surface area contributed by atoms with E-state index in [-0.39, 0.29) is 34.6 Å². The van der Waals surface area contributed by atoms with Crippen LogP contribution < -0.4 is 10.6 Å². The van der Waals surface area contributed by atoms with E-state index in [2.05, 4.69) is 29.5 Å². The Bertz CT molecular complexity index is 463. The smallest absolute Gasteiger partial charge is 0.274 e. The molecule has 0 spiro atoms. The molecule has 0 fully saturated rings. The first kappa shape index (κ1) is 18.6. The van der Waals surface area contributed by atoms with Crippen LogP contribution in [0.25, 0.3) is 0 Å². The van der Waals surface area contributed by atoms with Crippen molar-refractivity contribution < 1.29 is 4.92 Å². The summed E-state index contributed by atoms with van der Waals surface area (Å²) in [5.41, 5.74) is 0.759. The van der Waals surface area contributed by atoms with E-state index in [9.17, 15) is 10.1 Å². The molecule has 0 radical (unpaired) electrons. The lowest BCUT2D eigenvalue weighted by molar-refractivity contribution is -0.385. The van der Waals surface area contributed by atoms with Crippen LogP contribution in [0.2, 0.25) is 0 Å². The summed E-state index contributed by atoms with van der Waals surface area (Å²) in [7, 11) is 1.68. The van der Waals surface area contributed by atoms with Gasteiger partial charge in [-0.05, 0) is 5.92 Å². The second-order valence-corrected chi connectivity index (χ2v) is 4.59. The van der Waals surface area contributed by atoms with Crippen molar-refractivity contribution in [3.8, 4) is 0 Å². The average molecular weight is 392 g/mol. The first-order chi connectivity index (χ1) is 9.04. The summed E-state index contributed by atoms with van der Waals surface area (Å²) in [4.78, 5) is 14.6. The van der Waals surface area contributed by atoms with Gasteiger partial charge in [-0.15, -0.1) is 24.0 Å². The van der Waals surface area contributed by atoms with Crippen molar-refractivity contribution in [2.75, 3.05) is 13.6 Å². The highest BCUT2D eigenvalue weighted by Gasteiger charge is 2.12. The Hall–Kier alpha value is -1.38. The molecule has 0 bridgehead atoms. The Kier molecular flexibility index (Phi) is 8.86. The lowest BCUT2D eigenvalue weighted by Crippen LogP contribution is -2.38. The van der Waals surface area contributed by atoms with Crippen LogP contribution in [0.5, 0.6) is 0 Å². The first-order valence-corrected chi connectivity index (χ1v) is 6.21. The minimum absolute atomic E-state index is 0. The van der Waals surface area contributed by atoms with Gasteiger partial charge in [0, 0.05) is 31.8 Å². The Balaban J connectivity index is 0.00000361. The molecule has 6 nitrogen and oxygen atoms in total. The van der Waals surface area contributed by atoms with Crippen LogP contribution in [0, 0.1) is 16.0 Å². The number of rotatable bonds is 5. The van der Waals surface area contributed by atoms with Crippen LogP contribution in [0.3, 0.4) is 0 Å². The van der Waals surface area contributed by atoms with Crippen LogP contribution in [0.1, 0.15) is 19.4 Å². The molecule has 0 saturated carbocycles. The topological polar surface area (TPSA) is 79.6 Å². The fourth-order valence-corrected chi connectivity index (χ4v) is 1.54. The number of para-hydroxylation sites is 1. The summed E-state index contributed by atoms with van der Waals surface area (Å²) in [6.45, 7) is 5.37. The zero-order valence-corrected chi connectivity index (χ0v) is 14.3. The van der Waals surface area contributed by atoms with Gasteiger partial charge in [-0.25, -0.2) is 0 Å². The number of nitrogens with one attached hydrogen (secondary N) is 2. The van der Waals surface area contributed by atoms with Gasteiger partial charge in [0.05, 0.1) is 4.92 Å². The number of nitro groups is 1. The summed E-state index contributed by atoms with van der Waals surface area (Å²) < 4.78 is 0. The van der Waals surface area contributed by atoms with E-state index in [1.54, 1.807) is 25.2 Å². The predicted octanol–water partition coefficient (Wildman–Crippen LogP) is 2.53. The summed E-state index contributed by atoms with van der Waals surface area (Å²) in [5, 5.41) is 17.1. The van der Waals surface area contributed by atoms with Gasteiger partial charge in [0.2, 0.25) is 0 Å². The molecule has 2 N–H and O–H groups in total. The molecule has 0 saturated heterocycles. The number of nitrogens with zero attached hydrogens (tertiary/aromatic N) is 2. The molecule has 0 unspecified atom stereocenters. The highest BCUT2D eigenvalue weighted by atomic mass is 127. The third-order valence-electron chi connectivity index (χ3n) is 2.54. The van der Waals surface area contributed by atoms with E-state index in [0.717, 1.165) is 6.54 Å². The number of benzene rings is 1. The fourth-order valence-electron chi connectivity index (χ4n) is 1.54. The number of nitro benzene ring substituents is 1. The van der Waals surface area contributed by atoms with Gasteiger partial charge in [-0.2, -0.15) is 0 Å². The summed E-state index contributed by atoms with van der Waals surface area (Å²) >= 11 is 0. The zero-order valence-electron chi connectivity index (χ0n) is 11.9. The lowest BCUT2D eigenvalue weighted by atomic mass is 10.2. The molecule has 1 aromatic carbocycles. The molecule has 0 aromatic heterocycles. The zero-order chi connectivity index (χ0) is 14.3. The molecule has 0 aliphatic rings. The van der Waals surface area contributed by atoms with Crippen LogP contribution in [-0.4, -0.2) is 24.5 Å². The molecule has 112 valence electrons. The number of halogens is 1. The third-order valence-corrected chi connectivity index (χ3v) is 2.54.